The van der Waals surface area contributed by atoms with Crippen LogP contribution in [0.2, 0.25) is 0 Å². The van der Waals surface area contributed by atoms with Gasteiger partial charge >= 0.3 is 0 Å². The summed E-state index contributed by atoms with van der Waals surface area (Å²) in [5, 5.41) is 0. The monoisotopic (exact) mass is 308 g/mol. The van der Waals surface area contributed by atoms with Gasteiger partial charge in [0.15, 0.2) is 0 Å². The second-order valence-corrected chi connectivity index (χ2v) is 6.30. The molecule has 18 heavy (non-hydrogen) atoms. The minimum absolute atomic E-state index is 0.0825. The molecule has 2 aliphatic rings. The van der Waals surface area contributed by atoms with Gasteiger partial charge in [-0.1, -0.05) is 6.42 Å². The third kappa shape index (κ3) is 2.30. The van der Waals surface area contributed by atoms with Crippen LogP contribution in [0.1, 0.15) is 36.2 Å². The molecule has 2 atom stereocenters. The predicted octanol–water partition coefficient (Wildman–Crippen LogP) is 3.11. The average molecular weight is 309 g/mol. The minimum atomic E-state index is 0.0825. The highest BCUT2D eigenvalue weighted by Crippen LogP contribution is 2.35. The number of carbonyl (C=O) groups excluding carboxylic acids is 1. The van der Waals surface area contributed by atoms with Crippen molar-refractivity contribution >= 4 is 21.8 Å². The van der Waals surface area contributed by atoms with E-state index in [1.807, 2.05) is 17.0 Å². The molecule has 1 aromatic rings. The molecule has 1 aromatic heterocycles. The summed E-state index contributed by atoms with van der Waals surface area (Å²) in [5.74, 6) is 1.51. The number of likely N-dealkylation sites (tertiary alicyclic amines) is 1. The van der Waals surface area contributed by atoms with Gasteiger partial charge in [-0.3, -0.25) is 4.79 Å². The zero-order chi connectivity index (χ0) is 12.5. The molecule has 1 aliphatic carbocycles. The molecule has 3 nitrogen and oxygen atoms in total. The lowest BCUT2D eigenvalue weighted by Crippen LogP contribution is -2.46. The fourth-order valence-corrected chi connectivity index (χ4v) is 3.72. The molecule has 1 amide bonds. The smallest absolute Gasteiger partial charge is 0.273 e. The summed E-state index contributed by atoms with van der Waals surface area (Å²) in [5.41, 5.74) is 0.553. The fraction of sp³-hybridized carbons (Fsp3) is 0.571. The molecule has 2 heterocycles. The molecule has 2 unspecified atom stereocenters. The SMILES string of the molecule is O=C(c1ncccc1Br)N1CC2CCCC(C2)C1. The van der Waals surface area contributed by atoms with Crippen LogP contribution in [0.3, 0.4) is 0 Å². The maximum atomic E-state index is 12.5. The Morgan fingerprint density at radius 3 is 2.72 bits per heavy atom. The Hall–Kier alpha value is -0.900. The zero-order valence-electron chi connectivity index (χ0n) is 10.3. The molecule has 96 valence electrons. The van der Waals surface area contributed by atoms with Gasteiger partial charge < -0.3 is 4.90 Å². The number of rotatable bonds is 1. The second-order valence-electron chi connectivity index (χ2n) is 5.44. The van der Waals surface area contributed by atoms with Crippen LogP contribution in [0.25, 0.3) is 0 Å². The summed E-state index contributed by atoms with van der Waals surface area (Å²) in [7, 11) is 0. The first-order valence-corrected chi connectivity index (χ1v) is 7.43. The summed E-state index contributed by atoms with van der Waals surface area (Å²) in [6.45, 7) is 1.83. The predicted molar refractivity (Wildman–Crippen MR) is 73.3 cm³/mol. The van der Waals surface area contributed by atoms with Crippen molar-refractivity contribution in [3.05, 3.63) is 28.5 Å². The molecule has 1 aliphatic heterocycles. The molecule has 1 saturated heterocycles. The van der Waals surface area contributed by atoms with E-state index in [-0.39, 0.29) is 5.91 Å². The van der Waals surface area contributed by atoms with Crippen LogP contribution in [0, 0.1) is 11.8 Å². The van der Waals surface area contributed by atoms with Crippen molar-refractivity contribution in [2.75, 3.05) is 13.1 Å². The topological polar surface area (TPSA) is 33.2 Å². The summed E-state index contributed by atoms with van der Waals surface area (Å²) < 4.78 is 0.797. The van der Waals surface area contributed by atoms with E-state index < -0.39 is 0 Å². The van der Waals surface area contributed by atoms with E-state index in [9.17, 15) is 4.79 Å². The van der Waals surface area contributed by atoms with Crippen molar-refractivity contribution in [3.8, 4) is 0 Å². The molecule has 2 fully saturated rings. The van der Waals surface area contributed by atoms with Gasteiger partial charge in [-0.15, -0.1) is 0 Å². The number of halogens is 1. The highest BCUT2D eigenvalue weighted by atomic mass is 79.9. The third-order valence-corrected chi connectivity index (χ3v) is 4.74. The maximum absolute atomic E-state index is 12.5. The number of aromatic nitrogens is 1. The Kier molecular flexibility index (Phi) is 3.37. The number of carbonyl (C=O) groups is 1. The van der Waals surface area contributed by atoms with Crippen LogP contribution in [-0.2, 0) is 0 Å². The highest BCUT2D eigenvalue weighted by Gasteiger charge is 2.33. The zero-order valence-corrected chi connectivity index (χ0v) is 11.9. The van der Waals surface area contributed by atoms with Crippen molar-refractivity contribution < 1.29 is 4.79 Å². The number of hydrogen-bond donors (Lipinski definition) is 0. The van der Waals surface area contributed by atoms with Crippen molar-refractivity contribution in [3.63, 3.8) is 0 Å². The average Bonchev–Trinajstić information content (AvgIpc) is 2.38. The highest BCUT2D eigenvalue weighted by molar-refractivity contribution is 9.10. The molecule has 0 radical (unpaired) electrons. The minimum Gasteiger partial charge on any atom is -0.337 e. The lowest BCUT2D eigenvalue weighted by Gasteiger charge is -2.41. The van der Waals surface area contributed by atoms with Gasteiger partial charge in [-0.05, 0) is 59.2 Å². The third-order valence-electron chi connectivity index (χ3n) is 4.10. The van der Waals surface area contributed by atoms with Crippen LogP contribution in [0.4, 0.5) is 0 Å². The maximum Gasteiger partial charge on any atom is 0.273 e. The quantitative estimate of drug-likeness (QED) is 0.798. The molecule has 4 heteroatoms. The number of nitrogens with zero attached hydrogens (tertiary/aromatic N) is 2. The van der Waals surface area contributed by atoms with Crippen LogP contribution in [0.15, 0.2) is 22.8 Å². The van der Waals surface area contributed by atoms with Crippen molar-refractivity contribution in [1.82, 2.24) is 9.88 Å². The van der Waals surface area contributed by atoms with Gasteiger partial charge in [-0.25, -0.2) is 4.98 Å². The van der Waals surface area contributed by atoms with E-state index in [1.165, 1.54) is 25.7 Å². The molecule has 3 rings (SSSR count). The van der Waals surface area contributed by atoms with E-state index in [4.69, 9.17) is 0 Å². The lowest BCUT2D eigenvalue weighted by atomic mass is 9.78. The molecular weight excluding hydrogens is 292 g/mol. The Morgan fingerprint density at radius 2 is 2.06 bits per heavy atom. The normalized spacial score (nSPS) is 27.1. The van der Waals surface area contributed by atoms with Gasteiger partial charge in [-0.2, -0.15) is 0 Å². The summed E-state index contributed by atoms with van der Waals surface area (Å²) in [6, 6.07) is 3.72. The van der Waals surface area contributed by atoms with Crippen molar-refractivity contribution in [2.45, 2.75) is 25.7 Å². The van der Waals surface area contributed by atoms with E-state index >= 15 is 0 Å². The summed E-state index contributed by atoms with van der Waals surface area (Å²) in [6.07, 6.45) is 6.90. The van der Waals surface area contributed by atoms with E-state index in [0.717, 1.165) is 17.6 Å². The standard InChI is InChI=1S/C14H17BrN2O/c15-12-5-2-6-16-13(12)14(18)17-8-10-3-1-4-11(7-10)9-17/h2,5-6,10-11H,1,3-4,7-9H2. The Labute approximate surface area is 116 Å². The Bertz CT molecular complexity index is 451. The first kappa shape index (κ1) is 12.2. The first-order valence-electron chi connectivity index (χ1n) is 6.64. The molecule has 0 aromatic carbocycles. The first-order chi connectivity index (χ1) is 8.74. The summed E-state index contributed by atoms with van der Waals surface area (Å²) >= 11 is 3.41. The molecule has 2 bridgehead atoms. The second kappa shape index (κ2) is 5.00. The molecule has 1 saturated carbocycles. The molecule has 0 N–H and O–H groups in total. The van der Waals surface area contributed by atoms with Crippen molar-refractivity contribution in [2.24, 2.45) is 11.8 Å². The van der Waals surface area contributed by atoms with Crippen LogP contribution >= 0.6 is 15.9 Å². The van der Waals surface area contributed by atoms with Crippen LogP contribution < -0.4 is 0 Å². The van der Waals surface area contributed by atoms with Gasteiger partial charge in [0.05, 0.1) is 0 Å². The number of hydrogen-bond acceptors (Lipinski definition) is 2. The van der Waals surface area contributed by atoms with Crippen molar-refractivity contribution in [1.29, 1.82) is 0 Å². The number of piperidine rings is 1. The van der Waals surface area contributed by atoms with Gasteiger partial charge in [0.25, 0.3) is 5.91 Å². The number of fused-ring (bicyclic) bond motifs is 2. The number of amides is 1. The van der Waals surface area contributed by atoms with Gasteiger partial charge in [0, 0.05) is 23.8 Å². The largest absolute Gasteiger partial charge is 0.337 e. The Balaban J connectivity index is 1.79. The van der Waals surface area contributed by atoms with E-state index in [0.29, 0.717) is 17.5 Å². The van der Waals surface area contributed by atoms with E-state index in [2.05, 4.69) is 20.9 Å². The van der Waals surface area contributed by atoms with Crippen LogP contribution in [-0.4, -0.2) is 28.9 Å². The number of pyridine rings is 1. The van der Waals surface area contributed by atoms with Gasteiger partial charge in [0.2, 0.25) is 0 Å². The lowest BCUT2D eigenvalue weighted by molar-refractivity contribution is 0.0498. The molecule has 0 spiro atoms. The van der Waals surface area contributed by atoms with Gasteiger partial charge in [0.1, 0.15) is 5.69 Å². The fourth-order valence-electron chi connectivity index (χ4n) is 3.29. The Morgan fingerprint density at radius 1 is 1.33 bits per heavy atom. The van der Waals surface area contributed by atoms with Crippen LogP contribution in [0.5, 0.6) is 0 Å². The van der Waals surface area contributed by atoms with E-state index in [1.54, 1.807) is 6.20 Å². The summed E-state index contributed by atoms with van der Waals surface area (Å²) in [4.78, 5) is 18.7. The molecular formula is C14H17BrN2O.